The largest absolute Gasteiger partial charge is 0.756 e. The Morgan fingerprint density at radius 2 is 0.814 bits per heavy atom. The first kappa shape index (κ1) is 67.2. The minimum absolute atomic E-state index is 0.0381. The molecule has 0 aromatic rings. The maximum atomic E-state index is 12.8. The van der Waals surface area contributed by atoms with Crippen molar-refractivity contribution in [2.75, 3.05) is 47.5 Å². The third-order valence-electron chi connectivity index (χ3n) is 11.9. The lowest BCUT2D eigenvalue weighted by Gasteiger charge is -2.28. The Labute approximate surface area is 431 Å². The quantitative estimate of drug-likeness (QED) is 0.0195. The van der Waals surface area contributed by atoms with Crippen LogP contribution in [0.5, 0.6) is 0 Å². The number of likely N-dealkylation sites (N-methyl/N-ethyl adjacent to an activating group) is 1. The molecule has 2 unspecified atom stereocenters. The van der Waals surface area contributed by atoms with Crippen molar-refractivity contribution in [3.63, 3.8) is 0 Å². The molecule has 0 saturated heterocycles. The molecule has 10 heteroatoms. The van der Waals surface area contributed by atoms with Crippen LogP contribution in [0.1, 0.15) is 232 Å². The van der Waals surface area contributed by atoms with E-state index in [4.69, 9.17) is 18.5 Å². The highest BCUT2D eigenvalue weighted by Crippen LogP contribution is 2.38. The van der Waals surface area contributed by atoms with E-state index < -0.39 is 32.5 Å². The molecule has 0 aliphatic carbocycles. The first-order chi connectivity index (χ1) is 34.0. The van der Waals surface area contributed by atoms with Gasteiger partial charge < -0.3 is 27.9 Å². The van der Waals surface area contributed by atoms with Gasteiger partial charge in [-0.1, -0.05) is 214 Å². The summed E-state index contributed by atoms with van der Waals surface area (Å²) in [6.07, 6.45) is 67.6. The minimum atomic E-state index is -4.64. The SMILES string of the molecule is CC/C=C\C/C=C\C/C=C\C/C=C\C/C=C\C/C=C\CCCCCCCCC(=O)OC(COC(=O)CCCCCCCCCCC/C=C\CCCCCCCCCC)COP(=O)([O-])OCC[N+](C)(C)C. The van der Waals surface area contributed by atoms with Crippen molar-refractivity contribution in [1.29, 1.82) is 0 Å². The second-order valence-corrected chi connectivity index (χ2v) is 21.3. The van der Waals surface area contributed by atoms with Crippen LogP contribution in [0.15, 0.2) is 85.1 Å². The molecular formula is C60H106NO8P. The van der Waals surface area contributed by atoms with E-state index in [1.54, 1.807) is 0 Å². The Hall–Kier alpha value is -2.81. The summed E-state index contributed by atoms with van der Waals surface area (Å²) in [4.78, 5) is 37.8. The Kier molecular flexibility index (Phi) is 49.1. The number of carbonyl (C=O) groups excluding carboxylic acids is 2. The van der Waals surface area contributed by atoms with Crippen LogP contribution in [0.2, 0.25) is 0 Å². The molecule has 0 fully saturated rings. The third-order valence-corrected chi connectivity index (χ3v) is 12.9. The third kappa shape index (κ3) is 54.5. The van der Waals surface area contributed by atoms with Crippen molar-refractivity contribution in [2.24, 2.45) is 0 Å². The summed E-state index contributed by atoms with van der Waals surface area (Å²) in [6, 6.07) is 0. The fourth-order valence-electron chi connectivity index (χ4n) is 7.54. The second-order valence-electron chi connectivity index (χ2n) is 19.9. The summed E-state index contributed by atoms with van der Waals surface area (Å²) in [5, 5.41) is 0. The van der Waals surface area contributed by atoms with Crippen LogP contribution in [0, 0.1) is 0 Å². The molecule has 0 aromatic carbocycles. The first-order valence-corrected chi connectivity index (χ1v) is 29.8. The van der Waals surface area contributed by atoms with Gasteiger partial charge in [0, 0.05) is 12.8 Å². The lowest BCUT2D eigenvalue weighted by Crippen LogP contribution is -2.37. The molecule has 70 heavy (non-hydrogen) atoms. The van der Waals surface area contributed by atoms with Gasteiger partial charge in [-0.2, -0.15) is 0 Å². The molecule has 0 rings (SSSR count). The molecule has 0 heterocycles. The van der Waals surface area contributed by atoms with E-state index in [1.165, 1.54) is 103 Å². The number of hydrogen-bond donors (Lipinski definition) is 0. The highest BCUT2D eigenvalue weighted by atomic mass is 31.2. The highest BCUT2D eigenvalue weighted by molar-refractivity contribution is 7.45. The van der Waals surface area contributed by atoms with Gasteiger partial charge in [0.15, 0.2) is 6.10 Å². The summed E-state index contributed by atoms with van der Waals surface area (Å²) in [7, 11) is 1.15. The van der Waals surface area contributed by atoms with Crippen LogP contribution in [-0.2, 0) is 32.7 Å². The van der Waals surface area contributed by atoms with Gasteiger partial charge in [0.05, 0.1) is 27.7 Å². The van der Waals surface area contributed by atoms with Crippen molar-refractivity contribution >= 4 is 19.8 Å². The number of ether oxygens (including phenoxy) is 2. The number of carbonyl (C=O) groups is 2. The molecule has 0 aliphatic rings. The Bertz CT molecular complexity index is 1460. The van der Waals surface area contributed by atoms with Crippen molar-refractivity contribution in [2.45, 2.75) is 238 Å². The smallest absolute Gasteiger partial charge is 0.306 e. The monoisotopic (exact) mass is 1000 g/mol. The van der Waals surface area contributed by atoms with Gasteiger partial charge in [0.25, 0.3) is 7.82 Å². The number of unbranched alkanes of at least 4 members (excludes halogenated alkanes) is 23. The Balaban J connectivity index is 4.25. The van der Waals surface area contributed by atoms with E-state index in [0.717, 1.165) is 96.3 Å². The molecule has 0 bridgehead atoms. The number of phosphoric ester groups is 1. The van der Waals surface area contributed by atoms with Gasteiger partial charge >= 0.3 is 11.9 Å². The second kappa shape index (κ2) is 51.1. The molecule has 0 spiro atoms. The van der Waals surface area contributed by atoms with Crippen molar-refractivity contribution < 1.29 is 42.1 Å². The molecule has 0 saturated carbocycles. The number of hydrogen-bond acceptors (Lipinski definition) is 8. The molecule has 0 radical (unpaired) electrons. The standard InChI is InChI=1S/C60H106NO8P/c1-6-8-10-12-14-16-18-20-22-24-26-28-29-30-31-33-35-37-39-41-43-45-47-49-51-53-60(63)69-58(57-68-70(64,65)67-55-54-61(3,4)5)56-66-59(62)52-50-48-46-44-42-40-38-36-34-32-27-25-23-21-19-17-15-13-11-9-7-2/h8,10,14,16,20,22,25-28,30-31,35,37,58H,6-7,9,11-13,15,17-19,21,23-24,29,32-34,36,38-57H2,1-5H3/b10-8-,16-14-,22-20-,27-25-,28-26-,31-30-,37-35-. The average molecular weight is 1000 g/mol. The van der Waals surface area contributed by atoms with Gasteiger partial charge in [-0.05, 0) is 89.9 Å². The van der Waals surface area contributed by atoms with E-state index in [-0.39, 0.29) is 26.1 Å². The van der Waals surface area contributed by atoms with E-state index in [1.807, 2.05) is 21.1 Å². The first-order valence-electron chi connectivity index (χ1n) is 28.3. The molecule has 404 valence electrons. The van der Waals surface area contributed by atoms with Crippen LogP contribution in [0.4, 0.5) is 0 Å². The van der Waals surface area contributed by atoms with E-state index >= 15 is 0 Å². The fourth-order valence-corrected chi connectivity index (χ4v) is 8.26. The zero-order valence-electron chi connectivity index (χ0n) is 45.7. The zero-order valence-corrected chi connectivity index (χ0v) is 46.6. The van der Waals surface area contributed by atoms with Gasteiger partial charge in [0.2, 0.25) is 0 Å². The summed E-state index contributed by atoms with van der Waals surface area (Å²) >= 11 is 0. The van der Waals surface area contributed by atoms with Gasteiger partial charge in [-0.25, -0.2) is 0 Å². The topological polar surface area (TPSA) is 111 Å². The zero-order chi connectivity index (χ0) is 51.3. The van der Waals surface area contributed by atoms with Gasteiger partial charge in [0.1, 0.15) is 19.8 Å². The van der Waals surface area contributed by atoms with Crippen LogP contribution >= 0.6 is 7.82 Å². The van der Waals surface area contributed by atoms with E-state index in [9.17, 15) is 19.0 Å². The van der Waals surface area contributed by atoms with Gasteiger partial charge in [-0.3, -0.25) is 14.2 Å². The van der Waals surface area contributed by atoms with E-state index in [0.29, 0.717) is 17.4 Å². The molecule has 2 atom stereocenters. The number of nitrogens with zero attached hydrogens (tertiary/aromatic N) is 1. The molecule has 0 aliphatic heterocycles. The Morgan fingerprint density at radius 3 is 1.23 bits per heavy atom. The lowest BCUT2D eigenvalue weighted by molar-refractivity contribution is -0.870. The van der Waals surface area contributed by atoms with E-state index in [2.05, 4.69) is 98.9 Å². The number of allylic oxidation sites excluding steroid dienone is 14. The van der Waals surface area contributed by atoms with Crippen LogP contribution in [0.25, 0.3) is 0 Å². The van der Waals surface area contributed by atoms with Crippen molar-refractivity contribution in [3.8, 4) is 0 Å². The Morgan fingerprint density at radius 1 is 0.457 bits per heavy atom. The van der Waals surface area contributed by atoms with Crippen LogP contribution in [0.3, 0.4) is 0 Å². The number of phosphoric acid groups is 1. The number of quaternary nitrogens is 1. The number of rotatable bonds is 51. The molecular weight excluding hydrogens is 894 g/mol. The minimum Gasteiger partial charge on any atom is -0.756 e. The predicted octanol–water partition coefficient (Wildman–Crippen LogP) is 16.8. The van der Waals surface area contributed by atoms with Crippen molar-refractivity contribution in [1.82, 2.24) is 0 Å². The molecule has 0 aromatic heterocycles. The molecule has 9 nitrogen and oxygen atoms in total. The summed E-state index contributed by atoms with van der Waals surface area (Å²) < 4.78 is 34.1. The highest BCUT2D eigenvalue weighted by Gasteiger charge is 2.21. The summed E-state index contributed by atoms with van der Waals surface area (Å²) in [6.45, 7) is 4.11. The predicted molar refractivity (Wildman–Crippen MR) is 296 cm³/mol. The number of esters is 2. The maximum absolute atomic E-state index is 12.8. The summed E-state index contributed by atoms with van der Waals surface area (Å²) in [5.74, 6) is -0.853. The molecule has 0 amide bonds. The van der Waals surface area contributed by atoms with Crippen LogP contribution in [-0.4, -0.2) is 70.0 Å². The molecule has 0 N–H and O–H groups in total. The normalized spacial score (nSPS) is 14.0. The average Bonchev–Trinajstić information content (AvgIpc) is 3.32. The maximum Gasteiger partial charge on any atom is 0.306 e. The summed E-state index contributed by atoms with van der Waals surface area (Å²) in [5.41, 5.74) is 0. The fraction of sp³-hybridized carbons (Fsp3) is 0.733. The lowest BCUT2D eigenvalue weighted by atomic mass is 10.1. The van der Waals surface area contributed by atoms with Crippen molar-refractivity contribution in [3.05, 3.63) is 85.1 Å². The van der Waals surface area contributed by atoms with Gasteiger partial charge in [-0.15, -0.1) is 0 Å². The van der Waals surface area contributed by atoms with Crippen LogP contribution < -0.4 is 4.89 Å².